The molecule has 0 bridgehead atoms. The molecule has 0 unspecified atom stereocenters. The Bertz CT molecular complexity index is 651. The quantitative estimate of drug-likeness (QED) is 0.237. The predicted molar refractivity (Wildman–Crippen MR) is 101 cm³/mol. The van der Waals surface area contributed by atoms with Gasteiger partial charge in [0.05, 0.1) is 13.0 Å². The molecule has 2 amide bonds. The number of nitrogens with one attached hydrogen (secondary N) is 3. The number of hydrogen-bond acceptors (Lipinski definition) is 7. The van der Waals surface area contributed by atoms with E-state index in [1.807, 2.05) is 19.1 Å². The van der Waals surface area contributed by atoms with Crippen LogP contribution in [0.1, 0.15) is 18.4 Å². The standard InChI is InChI=1S/C17H23N3O6S/c1-12-3-5-13(6-4-12)26-11-15(22)19-20-17(27)18-14(21)7-8-16(23)25-10-9-24-2/h3-6H,7-11H2,1-2H3,(H,19,22)(H2,18,20,21,27). The number of methoxy groups -OCH3 is 1. The minimum absolute atomic E-state index is 0.0884. The molecule has 0 radical (unpaired) electrons. The molecule has 0 atom stereocenters. The first-order chi connectivity index (χ1) is 12.9. The maximum absolute atomic E-state index is 11.7. The van der Waals surface area contributed by atoms with Crippen LogP contribution in [0, 0.1) is 6.92 Å². The van der Waals surface area contributed by atoms with Gasteiger partial charge in [-0.15, -0.1) is 0 Å². The highest BCUT2D eigenvalue weighted by atomic mass is 32.1. The second-order valence-electron chi connectivity index (χ2n) is 5.37. The summed E-state index contributed by atoms with van der Waals surface area (Å²) in [6.45, 7) is 2.15. The van der Waals surface area contributed by atoms with E-state index in [1.165, 1.54) is 7.11 Å². The van der Waals surface area contributed by atoms with Crippen LogP contribution in [0.15, 0.2) is 24.3 Å². The van der Waals surface area contributed by atoms with Gasteiger partial charge in [-0.1, -0.05) is 17.7 Å². The second kappa shape index (κ2) is 12.6. The Kier molecular flexibility index (Phi) is 10.4. The van der Waals surface area contributed by atoms with Crippen molar-refractivity contribution in [2.45, 2.75) is 19.8 Å². The summed E-state index contributed by atoms with van der Waals surface area (Å²) in [5.41, 5.74) is 5.75. The Labute approximate surface area is 162 Å². The highest BCUT2D eigenvalue weighted by Crippen LogP contribution is 2.10. The van der Waals surface area contributed by atoms with E-state index >= 15 is 0 Å². The monoisotopic (exact) mass is 397 g/mol. The lowest BCUT2D eigenvalue weighted by Crippen LogP contribution is -2.49. The fourth-order valence-corrected chi connectivity index (χ4v) is 1.86. The number of carbonyl (C=O) groups is 3. The van der Waals surface area contributed by atoms with Gasteiger partial charge in [-0.25, -0.2) is 0 Å². The molecule has 9 nitrogen and oxygen atoms in total. The summed E-state index contributed by atoms with van der Waals surface area (Å²) in [6.07, 6.45) is -0.187. The van der Waals surface area contributed by atoms with Gasteiger partial charge >= 0.3 is 5.97 Å². The molecule has 1 aromatic rings. The van der Waals surface area contributed by atoms with Crippen LogP contribution in [-0.4, -0.2) is 49.8 Å². The van der Waals surface area contributed by atoms with Gasteiger partial charge in [-0.05, 0) is 31.3 Å². The van der Waals surface area contributed by atoms with Crippen molar-refractivity contribution >= 4 is 35.1 Å². The van der Waals surface area contributed by atoms with Crippen LogP contribution in [0.3, 0.4) is 0 Å². The van der Waals surface area contributed by atoms with Crippen LogP contribution in [0.25, 0.3) is 0 Å². The summed E-state index contributed by atoms with van der Waals surface area (Å²) in [7, 11) is 1.49. The normalized spacial score (nSPS) is 9.85. The number of benzene rings is 1. The van der Waals surface area contributed by atoms with Crippen molar-refractivity contribution in [1.29, 1.82) is 0 Å². The van der Waals surface area contributed by atoms with Crippen molar-refractivity contribution < 1.29 is 28.6 Å². The smallest absolute Gasteiger partial charge is 0.306 e. The lowest BCUT2D eigenvalue weighted by atomic mass is 10.2. The molecule has 148 valence electrons. The van der Waals surface area contributed by atoms with E-state index in [1.54, 1.807) is 12.1 Å². The van der Waals surface area contributed by atoms with Crippen molar-refractivity contribution in [2.75, 3.05) is 26.9 Å². The molecular formula is C17H23N3O6S. The van der Waals surface area contributed by atoms with Crippen LogP contribution < -0.4 is 20.9 Å². The number of rotatable bonds is 9. The van der Waals surface area contributed by atoms with E-state index in [0.29, 0.717) is 12.4 Å². The average molecular weight is 397 g/mol. The van der Waals surface area contributed by atoms with Crippen LogP contribution in [0.2, 0.25) is 0 Å². The number of esters is 1. The number of carbonyl (C=O) groups excluding carboxylic acids is 3. The van der Waals surface area contributed by atoms with Gasteiger partial charge in [0.15, 0.2) is 11.7 Å². The van der Waals surface area contributed by atoms with Crippen LogP contribution in [0.5, 0.6) is 5.75 Å². The van der Waals surface area contributed by atoms with Gasteiger partial charge in [0, 0.05) is 13.5 Å². The van der Waals surface area contributed by atoms with Gasteiger partial charge < -0.3 is 19.5 Å². The summed E-state index contributed by atoms with van der Waals surface area (Å²) < 4.78 is 14.9. The van der Waals surface area contributed by atoms with E-state index in [2.05, 4.69) is 16.2 Å². The number of amides is 2. The number of thiocarbonyl (C=S) groups is 1. The molecule has 0 aliphatic heterocycles. The third-order valence-electron chi connectivity index (χ3n) is 3.07. The highest BCUT2D eigenvalue weighted by Gasteiger charge is 2.10. The van der Waals surface area contributed by atoms with Crippen LogP contribution in [-0.2, 0) is 23.9 Å². The molecule has 0 saturated heterocycles. The molecule has 27 heavy (non-hydrogen) atoms. The summed E-state index contributed by atoms with van der Waals surface area (Å²) in [5.74, 6) is -0.915. The van der Waals surface area contributed by atoms with Crippen molar-refractivity contribution in [1.82, 2.24) is 16.2 Å². The summed E-state index contributed by atoms with van der Waals surface area (Å²) in [4.78, 5) is 34.7. The minimum Gasteiger partial charge on any atom is -0.484 e. The van der Waals surface area contributed by atoms with Crippen LogP contribution in [0.4, 0.5) is 0 Å². The SMILES string of the molecule is COCCOC(=O)CCC(=O)NC(=S)NNC(=O)COc1ccc(C)cc1. The number of hydrogen-bond donors (Lipinski definition) is 3. The molecule has 1 aromatic carbocycles. The van der Waals surface area contributed by atoms with Gasteiger partial charge in [0.1, 0.15) is 12.4 Å². The van der Waals surface area contributed by atoms with E-state index in [-0.39, 0.29) is 31.2 Å². The molecule has 1 rings (SSSR count). The average Bonchev–Trinajstić information content (AvgIpc) is 2.64. The predicted octanol–water partition coefficient (Wildman–Crippen LogP) is 0.366. The zero-order chi connectivity index (χ0) is 20.1. The van der Waals surface area contributed by atoms with E-state index in [0.717, 1.165) is 5.56 Å². The Morgan fingerprint density at radius 2 is 1.70 bits per heavy atom. The fraction of sp³-hybridized carbons (Fsp3) is 0.412. The second-order valence-corrected chi connectivity index (χ2v) is 5.77. The maximum atomic E-state index is 11.7. The first kappa shape index (κ1) is 22.3. The summed E-state index contributed by atoms with van der Waals surface area (Å²) in [5, 5.41) is 2.23. The fourth-order valence-electron chi connectivity index (χ4n) is 1.69. The third kappa shape index (κ3) is 10.8. The lowest BCUT2D eigenvalue weighted by Gasteiger charge is -2.11. The minimum atomic E-state index is -0.511. The van der Waals surface area contributed by atoms with Gasteiger partial charge in [-0.3, -0.25) is 25.2 Å². The molecule has 10 heteroatoms. The topological polar surface area (TPSA) is 115 Å². The van der Waals surface area contributed by atoms with Crippen molar-refractivity contribution in [3.05, 3.63) is 29.8 Å². The third-order valence-corrected chi connectivity index (χ3v) is 3.27. The molecule has 3 N–H and O–H groups in total. The molecule has 0 aliphatic rings. The van der Waals surface area contributed by atoms with Crippen molar-refractivity contribution in [2.24, 2.45) is 0 Å². The zero-order valence-corrected chi connectivity index (χ0v) is 16.0. The first-order valence-electron chi connectivity index (χ1n) is 8.13. The van der Waals surface area contributed by atoms with E-state index in [4.69, 9.17) is 26.4 Å². The van der Waals surface area contributed by atoms with Gasteiger partial charge in [0.25, 0.3) is 5.91 Å². The Balaban J connectivity index is 2.16. The Morgan fingerprint density at radius 1 is 1.00 bits per heavy atom. The largest absolute Gasteiger partial charge is 0.484 e. The zero-order valence-electron chi connectivity index (χ0n) is 15.2. The molecular weight excluding hydrogens is 374 g/mol. The highest BCUT2D eigenvalue weighted by molar-refractivity contribution is 7.80. The molecule has 0 heterocycles. The molecule has 0 spiro atoms. The van der Waals surface area contributed by atoms with E-state index < -0.39 is 17.8 Å². The number of ether oxygens (including phenoxy) is 3. The number of aryl methyl sites for hydroxylation is 1. The Hall–Kier alpha value is -2.72. The van der Waals surface area contributed by atoms with E-state index in [9.17, 15) is 14.4 Å². The maximum Gasteiger partial charge on any atom is 0.306 e. The Morgan fingerprint density at radius 3 is 2.37 bits per heavy atom. The van der Waals surface area contributed by atoms with Gasteiger partial charge in [-0.2, -0.15) is 0 Å². The van der Waals surface area contributed by atoms with Crippen molar-refractivity contribution in [3.63, 3.8) is 0 Å². The van der Waals surface area contributed by atoms with Crippen LogP contribution >= 0.6 is 12.2 Å². The number of hydrazine groups is 1. The van der Waals surface area contributed by atoms with Gasteiger partial charge in [0.2, 0.25) is 5.91 Å². The van der Waals surface area contributed by atoms with Crippen molar-refractivity contribution in [3.8, 4) is 5.75 Å². The summed E-state index contributed by atoms with van der Waals surface area (Å²) >= 11 is 4.87. The lowest BCUT2D eigenvalue weighted by molar-refractivity contribution is -0.146. The molecule has 0 fully saturated rings. The molecule has 0 aliphatic carbocycles. The first-order valence-corrected chi connectivity index (χ1v) is 8.54. The molecule has 0 aromatic heterocycles. The summed E-state index contributed by atoms with van der Waals surface area (Å²) in [6, 6.07) is 7.23. The molecule has 0 saturated carbocycles.